The molecular weight excluding hydrogens is 464 g/mol. The Hall–Kier alpha value is -2.74. The van der Waals surface area contributed by atoms with Crippen molar-refractivity contribution in [3.63, 3.8) is 0 Å². The van der Waals surface area contributed by atoms with Crippen molar-refractivity contribution in [1.82, 2.24) is 15.0 Å². The number of aliphatic carboxylic acids is 1. The number of nitrogens with two attached hydrogens (primary N) is 3. The molecule has 0 amide bonds. The van der Waals surface area contributed by atoms with Gasteiger partial charge in [-0.05, 0) is 43.6 Å². The predicted octanol–water partition coefficient (Wildman–Crippen LogP) is 5.86. The number of hydrogen-bond acceptors (Lipinski definition) is 7. The summed E-state index contributed by atoms with van der Waals surface area (Å²) in [6.45, 7) is 9.81. The normalized spacial score (nSPS) is 16.2. The summed E-state index contributed by atoms with van der Waals surface area (Å²) in [6.07, 6.45) is 13.0. The Balaban J connectivity index is 0.000000402. The molecule has 1 saturated carbocycles. The van der Waals surface area contributed by atoms with Gasteiger partial charge in [-0.3, -0.25) is 4.79 Å². The highest BCUT2D eigenvalue weighted by Gasteiger charge is 2.37. The second kappa shape index (κ2) is 13.7. The molecule has 1 aromatic heterocycles. The van der Waals surface area contributed by atoms with Crippen LogP contribution in [0.2, 0.25) is 0 Å². The number of hydrogen-bond donors (Lipinski definition) is 4. The Morgan fingerprint density at radius 2 is 1.46 bits per heavy atom. The number of rotatable bonds is 8. The highest BCUT2D eigenvalue weighted by molar-refractivity contribution is 5.73. The molecule has 0 saturated heterocycles. The maximum atomic E-state index is 11.4. The van der Waals surface area contributed by atoms with Gasteiger partial charge < -0.3 is 22.3 Å². The fraction of sp³-hybridized carbons (Fsp3) is 0.655. The lowest BCUT2D eigenvalue weighted by molar-refractivity contribution is -0.148. The van der Waals surface area contributed by atoms with Crippen LogP contribution in [0.15, 0.2) is 24.3 Å². The van der Waals surface area contributed by atoms with Gasteiger partial charge in [-0.25, -0.2) is 0 Å². The molecule has 1 heterocycles. The van der Waals surface area contributed by atoms with E-state index in [-0.39, 0.29) is 23.4 Å². The molecule has 1 unspecified atom stereocenters. The summed E-state index contributed by atoms with van der Waals surface area (Å²) in [6, 6.07) is 7.47. The van der Waals surface area contributed by atoms with Crippen molar-refractivity contribution in [2.45, 2.75) is 105 Å². The Labute approximate surface area is 222 Å². The van der Waals surface area contributed by atoms with E-state index in [1.54, 1.807) is 13.8 Å². The highest BCUT2D eigenvalue weighted by atomic mass is 16.4. The average Bonchev–Trinajstić information content (AvgIpc) is 2.78. The summed E-state index contributed by atoms with van der Waals surface area (Å²) in [4.78, 5) is 23.4. The van der Waals surface area contributed by atoms with Gasteiger partial charge in [0.25, 0.3) is 0 Å². The van der Waals surface area contributed by atoms with Gasteiger partial charge in [0, 0.05) is 11.6 Å². The predicted molar refractivity (Wildman–Crippen MR) is 152 cm³/mol. The molecule has 2 aromatic rings. The maximum absolute atomic E-state index is 11.4. The summed E-state index contributed by atoms with van der Waals surface area (Å²) < 4.78 is 0. The molecule has 0 bridgehead atoms. The van der Waals surface area contributed by atoms with Crippen LogP contribution in [0.5, 0.6) is 0 Å². The SMILES string of the molecule is CC(C)(CC(C)(C)C(N)Cc1ccc(-c2nc(N)nc(N)n2)cc1)C(=O)O.CCC1CCCCCCC1. The first-order valence-electron chi connectivity index (χ1n) is 13.7. The third-order valence-electron chi connectivity index (χ3n) is 7.62. The van der Waals surface area contributed by atoms with E-state index < -0.39 is 11.4 Å². The quantitative estimate of drug-likeness (QED) is 0.343. The van der Waals surface area contributed by atoms with Crippen molar-refractivity contribution in [3.8, 4) is 11.4 Å². The zero-order valence-electron chi connectivity index (χ0n) is 23.5. The Morgan fingerprint density at radius 3 is 1.95 bits per heavy atom. The molecule has 37 heavy (non-hydrogen) atoms. The third-order valence-corrected chi connectivity index (χ3v) is 7.62. The minimum absolute atomic E-state index is 0.0754. The summed E-state index contributed by atoms with van der Waals surface area (Å²) >= 11 is 0. The van der Waals surface area contributed by atoms with Gasteiger partial charge in [-0.15, -0.1) is 0 Å². The second-order valence-electron chi connectivity index (χ2n) is 11.9. The molecule has 0 spiro atoms. The molecule has 8 heteroatoms. The van der Waals surface area contributed by atoms with Crippen LogP contribution in [0.1, 0.15) is 98.0 Å². The molecule has 3 rings (SSSR count). The average molecular weight is 513 g/mol. The van der Waals surface area contributed by atoms with Crippen molar-refractivity contribution in [2.75, 3.05) is 11.5 Å². The van der Waals surface area contributed by atoms with E-state index in [4.69, 9.17) is 17.2 Å². The number of carboxylic acids is 1. The van der Waals surface area contributed by atoms with E-state index in [2.05, 4.69) is 21.9 Å². The van der Waals surface area contributed by atoms with Crippen LogP contribution >= 0.6 is 0 Å². The summed E-state index contributed by atoms with van der Waals surface area (Å²) in [5, 5.41) is 9.38. The van der Waals surface area contributed by atoms with Crippen LogP contribution < -0.4 is 17.2 Å². The van der Waals surface area contributed by atoms with Crippen LogP contribution in [-0.4, -0.2) is 32.1 Å². The zero-order chi connectivity index (χ0) is 27.6. The number of benzene rings is 1. The first-order chi connectivity index (χ1) is 17.3. The van der Waals surface area contributed by atoms with Crippen LogP contribution in [0, 0.1) is 16.7 Å². The van der Waals surface area contributed by atoms with Crippen molar-refractivity contribution in [2.24, 2.45) is 22.5 Å². The van der Waals surface area contributed by atoms with Gasteiger partial charge in [0.15, 0.2) is 5.82 Å². The molecule has 1 atom stereocenters. The Kier molecular flexibility index (Phi) is 11.3. The van der Waals surface area contributed by atoms with Gasteiger partial charge in [0.2, 0.25) is 11.9 Å². The lowest BCUT2D eigenvalue weighted by atomic mass is 9.70. The smallest absolute Gasteiger partial charge is 0.309 e. The minimum atomic E-state index is -0.830. The van der Waals surface area contributed by atoms with Gasteiger partial charge in [-0.2, -0.15) is 15.0 Å². The Morgan fingerprint density at radius 1 is 0.946 bits per heavy atom. The molecule has 7 N–H and O–H groups in total. The van der Waals surface area contributed by atoms with Gasteiger partial charge in [0.05, 0.1) is 5.41 Å². The first kappa shape index (κ1) is 30.5. The molecule has 1 aromatic carbocycles. The second-order valence-corrected chi connectivity index (χ2v) is 11.9. The lowest BCUT2D eigenvalue weighted by Gasteiger charge is -2.37. The van der Waals surface area contributed by atoms with Crippen LogP contribution in [0.25, 0.3) is 11.4 Å². The van der Waals surface area contributed by atoms with E-state index in [1.165, 1.54) is 51.4 Å². The monoisotopic (exact) mass is 512 g/mol. The van der Waals surface area contributed by atoms with Crippen molar-refractivity contribution >= 4 is 17.9 Å². The number of aromatic nitrogens is 3. The van der Waals surface area contributed by atoms with E-state index in [1.807, 2.05) is 38.1 Å². The van der Waals surface area contributed by atoms with Gasteiger partial charge in [0.1, 0.15) is 0 Å². The third kappa shape index (κ3) is 9.91. The summed E-state index contributed by atoms with van der Waals surface area (Å²) in [5.41, 5.74) is 18.3. The number of nitrogen functional groups attached to an aromatic ring is 2. The lowest BCUT2D eigenvalue weighted by Crippen LogP contribution is -2.43. The van der Waals surface area contributed by atoms with E-state index in [0.29, 0.717) is 18.7 Å². The van der Waals surface area contributed by atoms with E-state index >= 15 is 0 Å². The number of anilines is 2. The van der Waals surface area contributed by atoms with Crippen LogP contribution in [0.4, 0.5) is 11.9 Å². The molecular formula is C29H48N6O2. The molecule has 0 aliphatic heterocycles. The van der Waals surface area contributed by atoms with E-state index in [9.17, 15) is 9.90 Å². The van der Waals surface area contributed by atoms with Crippen molar-refractivity contribution in [3.05, 3.63) is 29.8 Å². The van der Waals surface area contributed by atoms with Crippen LogP contribution in [-0.2, 0) is 11.2 Å². The molecule has 1 fully saturated rings. The zero-order valence-corrected chi connectivity index (χ0v) is 23.5. The summed E-state index contributed by atoms with van der Waals surface area (Å²) in [7, 11) is 0. The number of carbonyl (C=O) groups is 1. The number of carboxylic acid groups (broad SMARTS) is 1. The Bertz CT molecular complexity index is 962. The fourth-order valence-electron chi connectivity index (χ4n) is 5.15. The summed E-state index contributed by atoms with van der Waals surface area (Å²) in [5.74, 6) is 0.820. The van der Waals surface area contributed by atoms with E-state index in [0.717, 1.165) is 17.0 Å². The highest BCUT2D eigenvalue weighted by Crippen LogP contribution is 2.37. The fourth-order valence-corrected chi connectivity index (χ4v) is 5.15. The van der Waals surface area contributed by atoms with Gasteiger partial charge >= 0.3 is 5.97 Å². The molecule has 1 aliphatic carbocycles. The standard InChI is InChI=1S/C19H28N6O2.C10H20/c1-18(2,10-19(3,4)15(26)27)13(20)9-11-5-7-12(8-6-11)14-23-16(21)25-17(22)24-14;1-2-10-8-6-4-3-5-7-9-10/h5-8,13H,9-10,20H2,1-4H3,(H,26,27)(H4,21,22,23,24,25);10H,2-9H2,1H3. The first-order valence-corrected chi connectivity index (χ1v) is 13.7. The van der Waals surface area contributed by atoms with Gasteiger partial charge in [-0.1, -0.05) is 96.4 Å². The number of nitrogens with zero attached hydrogens (tertiary/aromatic N) is 3. The van der Waals surface area contributed by atoms with Crippen molar-refractivity contribution in [1.29, 1.82) is 0 Å². The molecule has 206 valence electrons. The topological polar surface area (TPSA) is 154 Å². The van der Waals surface area contributed by atoms with Crippen molar-refractivity contribution < 1.29 is 9.90 Å². The molecule has 8 nitrogen and oxygen atoms in total. The minimum Gasteiger partial charge on any atom is -0.481 e. The maximum Gasteiger partial charge on any atom is 0.309 e. The molecule has 0 radical (unpaired) electrons. The largest absolute Gasteiger partial charge is 0.481 e. The van der Waals surface area contributed by atoms with Crippen LogP contribution in [0.3, 0.4) is 0 Å². The molecule has 1 aliphatic rings.